The van der Waals surface area contributed by atoms with Crippen LogP contribution in [0.3, 0.4) is 0 Å². The molecule has 10 heavy (non-hydrogen) atoms. The number of nitrogens with two attached hydrogens (primary N) is 1. The Kier molecular flexibility index (Phi) is 2.17. The summed E-state index contributed by atoms with van der Waals surface area (Å²) in [5.41, 5.74) is 6.04. The summed E-state index contributed by atoms with van der Waals surface area (Å²) in [7, 11) is 0. The molecule has 1 heterocycles. The lowest BCUT2D eigenvalue weighted by Gasteiger charge is -2.15. The maximum absolute atomic E-state index is 7.07. The quantitative estimate of drug-likeness (QED) is 0.566. The van der Waals surface area contributed by atoms with Crippen molar-refractivity contribution in [3.05, 3.63) is 11.5 Å². The number of nitrogens with one attached hydrogen (secondary N) is 1. The van der Waals surface area contributed by atoms with E-state index in [9.17, 15) is 0 Å². The first kappa shape index (κ1) is 7.41. The van der Waals surface area contributed by atoms with Gasteiger partial charge >= 0.3 is 0 Å². The molecule has 0 saturated heterocycles. The Hall–Kier alpha value is -0.700. The molecule has 0 aromatic heterocycles. The highest BCUT2D eigenvalue weighted by Gasteiger charge is 2.13. The van der Waals surface area contributed by atoms with Gasteiger partial charge in [-0.05, 0) is 12.8 Å². The van der Waals surface area contributed by atoms with Crippen molar-refractivity contribution >= 4 is 16.8 Å². The van der Waals surface area contributed by atoms with Gasteiger partial charge in [-0.1, -0.05) is 11.6 Å². The van der Waals surface area contributed by atoms with Gasteiger partial charge < -0.3 is 10.5 Å². The molecule has 0 bridgehead atoms. The molecule has 0 aliphatic carbocycles. The molecule has 1 rings (SSSR count). The van der Waals surface area contributed by atoms with Crippen LogP contribution in [-0.4, -0.2) is 11.8 Å². The van der Waals surface area contributed by atoms with Crippen LogP contribution in [0.2, 0.25) is 0 Å². The fourth-order valence-corrected chi connectivity index (χ4v) is 1.05. The van der Waals surface area contributed by atoms with Crippen LogP contribution >= 0.6 is 11.6 Å². The predicted molar refractivity (Wildman–Crippen MR) is 40.0 cm³/mol. The number of rotatable bonds is 1. The average molecular weight is 161 g/mol. The lowest BCUT2D eigenvalue weighted by atomic mass is 10.1. The van der Waals surface area contributed by atoms with E-state index in [0.29, 0.717) is 18.1 Å². The summed E-state index contributed by atoms with van der Waals surface area (Å²) in [6.07, 6.45) is 1.65. The van der Waals surface area contributed by atoms with E-state index in [2.05, 4.69) is 0 Å². The van der Waals surface area contributed by atoms with Gasteiger partial charge in [0.1, 0.15) is 5.17 Å². The smallest absolute Gasteiger partial charge is 0.190 e. The molecule has 1 aliphatic heterocycles. The first-order valence-corrected chi connectivity index (χ1v) is 3.45. The van der Waals surface area contributed by atoms with E-state index < -0.39 is 0 Å². The second-order valence-corrected chi connectivity index (χ2v) is 2.49. The number of hydrogen-bond acceptors (Lipinski definition) is 3. The fraction of sp³-hybridized carbons (Fsp3) is 0.500. The van der Waals surface area contributed by atoms with E-state index in [1.807, 2.05) is 0 Å². The Morgan fingerprint density at radius 1 is 1.70 bits per heavy atom. The third-order valence-electron chi connectivity index (χ3n) is 1.39. The fourth-order valence-electron chi connectivity index (χ4n) is 0.859. The Morgan fingerprint density at radius 3 is 2.80 bits per heavy atom. The Bertz CT molecular complexity index is 188. The Labute approximate surface area is 64.3 Å². The van der Waals surface area contributed by atoms with Crippen molar-refractivity contribution in [2.24, 2.45) is 5.73 Å². The van der Waals surface area contributed by atoms with Crippen LogP contribution in [-0.2, 0) is 4.74 Å². The zero-order valence-electron chi connectivity index (χ0n) is 5.48. The monoisotopic (exact) mass is 160 g/mol. The summed E-state index contributed by atoms with van der Waals surface area (Å²) in [5, 5.41) is 7.06. The molecule has 56 valence electrons. The lowest BCUT2D eigenvalue weighted by molar-refractivity contribution is 0.188. The Balaban J connectivity index is 2.78. The summed E-state index contributed by atoms with van der Waals surface area (Å²) >= 11 is 5.42. The van der Waals surface area contributed by atoms with Gasteiger partial charge in [0.25, 0.3) is 0 Å². The van der Waals surface area contributed by atoms with Gasteiger partial charge in [0, 0.05) is 5.57 Å². The molecule has 3 nitrogen and oxygen atoms in total. The molecule has 4 heteroatoms. The average Bonchev–Trinajstić information content (AvgIpc) is 1.88. The third-order valence-corrected chi connectivity index (χ3v) is 1.62. The first-order valence-electron chi connectivity index (χ1n) is 3.07. The highest BCUT2D eigenvalue weighted by atomic mass is 35.5. The van der Waals surface area contributed by atoms with Crippen LogP contribution in [0, 0.1) is 5.41 Å². The topological polar surface area (TPSA) is 59.1 Å². The molecule has 0 radical (unpaired) electrons. The summed E-state index contributed by atoms with van der Waals surface area (Å²) in [4.78, 5) is 0. The van der Waals surface area contributed by atoms with Crippen LogP contribution < -0.4 is 5.73 Å². The molecule has 1 aliphatic rings. The van der Waals surface area contributed by atoms with Crippen LogP contribution in [0.5, 0.6) is 0 Å². The van der Waals surface area contributed by atoms with Gasteiger partial charge in [0.15, 0.2) is 5.88 Å². The number of ether oxygens (including phenoxy) is 1. The maximum Gasteiger partial charge on any atom is 0.190 e. The van der Waals surface area contributed by atoms with Crippen molar-refractivity contribution in [3.63, 3.8) is 0 Å². The van der Waals surface area contributed by atoms with E-state index in [1.54, 1.807) is 0 Å². The minimum atomic E-state index is -0.00259. The SMILES string of the molecule is N=C(Cl)C1=C(N)OCCC1. The largest absolute Gasteiger partial charge is 0.479 e. The van der Waals surface area contributed by atoms with E-state index in [0.717, 1.165) is 12.8 Å². The van der Waals surface area contributed by atoms with Gasteiger partial charge in [-0.15, -0.1) is 0 Å². The van der Waals surface area contributed by atoms with Crippen LogP contribution in [0.15, 0.2) is 11.5 Å². The standard InChI is InChI=1S/C6H9ClN2O/c7-5(8)4-2-1-3-10-6(4)9/h8H,1-3,9H2. The molecule has 0 saturated carbocycles. The van der Waals surface area contributed by atoms with Gasteiger partial charge in [-0.3, -0.25) is 5.41 Å². The summed E-state index contributed by atoms with van der Waals surface area (Å²) in [5.74, 6) is 0.311. The third kappa shape index (κ3) is 1.42. The number of allylic oxidation sites excluding steroid dienone is 1. The molecule has 3 N–H and O–H groups in total. The molecule has 0 amide bonds. The number of hydrogen-bond donors (Lipinski definition) is 2. The van der Waals surface area contributed by atoms with Crippen molar-refractivity contribution in [1.29, 1.82) is 5.41 Å². The van der Waals surface area contributed by atoms with Crippen molar-refractivity contribution in [2.75, 3.05) is 6.61 Å². The molecule has 0 fully saturated rings. The van der Waals surface area contributed by atoms with Crippen molar-refractivity contribution in [3.8, 4) is 0 Å². The van der Waals surface area contributed by atoms with Gasteiger partial charge in [-0.25, -0.2) is 0 Å². The van der Waals surface area contributed by atoms with Crippen molar-refractivity contribution < 1.29 is 4.74 Å². The molecule has 0 atom stereocenters. The maximum atomic E-state index is 7.07. The zero-order chi connectivity index (χ0) is 7.56. The highest BCUT2D eigenvalue weighted by Crippen LogP contribution is 2.17. The molecule has 0 unspecified atom stereocenters. The van der Waals surface area contributed by atoms with E-state index in [-0.39, 0.29) is 5.17 Å². The van der Waals surface area contributed by atoms with Crippen LogP contribution in [0.25, 0.3) is 0 Å². The van der Waals surface area contributed by atoms with Gasteiger partial charge in [0.2, 0.25) is 0 Å². The van der Waals surface area contributed by atoms with Crippen molar-refractivity contribution in [2.45, 2.75) is 12.8 Å². The summed E-state index contributed by atoms with van der Waals surface area (Å²) in [6, 6.07) is 0. The minimum absolute atomic E-state index is 0.00259. The van der Waals surface area contributed by atoms with E-state index in [4.69, 9.17) is 27.5 Å². The zero-order valence-corrected chi connectivity index (χ0v) is 6.24. The second-order valence-electron chi connectivity index (χ2n) is 2.11. The minimum Gasteiger partial charge on any atom is -0.479 e. The second kappa shape index (κ2) is 2.92. The molecule has 0 aromatic carbocycles. The van der Waals surface area contributed by atoms with E-state index >= 15 is 0 Å². The van der Waals surface area contributed by atoms with Crippen LogP contribution in [0.4, 0.5) is 0 Å². The molecular weight excluding hydrogens is 152 g/mol. The van der Waals surface area contributed by atoms with E-state index in [1.165, 1.54) is 0 Å². The van der Waals surface area contributed by atoms with Crippen molar-refractivity contribution in [1.82, 2.24) is 0 Å². The predicted octanol–water partition coefficient (Wildman–Crippen LogP) is 1.18. The summed E-state index contributed by atoms with van der Waals surface area (Å²) in [6.45, 7) is 0.638. The van der Waals surface area contributed by atoms with Gasteiger partial charge in [-0.2, -0.15) is 0 Å². The normalized spacial score (nSPS) is 18.5. The molecular formula is C6H9ClN2O. The lowest BCUT2D eigenvalue weighted by Crippen LogP contribution is -2.16. The van der Waals surface area contributed by atoms with Crippen LogP contribution in [0.1, 0.15) is 12.8 Å². The summed E-state index contributed by atoms with van der Waals surface area (Å²) < 4.78 is 4.98. The number of halogens is 1. The molecule has 0 spiro atoms. The first-order chi connectivity index (χ1) is 4.72. The highest BCUT2D eigenvalue weighted by molar-refractivity contribution is 6.68. The molecule has 0 aromatic rings. The van der Waals surface area contributed by atoms with Gasteiger partial charge in [0.05, 0.1) is 6.61 Å². The Morgan fingerprint density at radius 2 is 2.40 bits per heavy atom.